The number of nitrogen functional groups attached to an aromatic ring is 1. The van der Waals surface area contributed by atoms with Gasteiger partial charge in [-0.05, 0) is 61.0 Å². The summed E-state index contributed by atoms with van der Waals surface area (Å²) in [5.41, 5.74) is 7.67. The smallest absolute Gasteiger partial charge is 0.280 e. The number of hydrogen-bond donors (Lipinski definition) is 4. The second kappa shape index (κ2) is 11.8. The number of aliphatic hydroxyl groups is 2. The van der Waals surface area contributed by atoms with Gasteiger partial charge in [-0.25, -0.2) is 23.1 Å². The molecule has 0 aliphatic heterocycles. The fraction of sp³-hybridized carbons (Fsp3) is 0.231. The summed E-state index contributed by atoms with van der Waals surface area (Å²) in [6.07, 6.45) is -2.82. The van der Waals surface area contributed by atoms with Crippen LogP contribution in [-0.4, -0.2) is 49.4 Å². The molecule has 38 heavy (non-hydrogen) atoms. The van der Waals surface area contributed by atoms with E-state index in [0.29, 0.717) is 28.3 Å². The lowest BCUT2D eigenvalue weighted by Crippen LogP contribution is -2.28. The van der Waals surface area contributed by atoms with Crippen molar-refractivity contribution >= 4 is 11.8 Å². The van der Waals surface area contributed by atoms with Crippen LogP contribution in [0.15, 0.2) is 54.6 Å². The van der Waals surface area contributed by atoms with Gasteiger partial charge >= 0.3 is 0 Å². The number of rotatable bonds is 10. The molecule has 3 aromatic heterocycles. The van der Waals surface area contributed by atoms with Crippen LogP contribution in [0.4, 0.5) is 24.9 Å². The number of anilines is 2. The van der Waals surface area contributed by atoms with Gasteiger partial charge in [0.1, 0.15) is 23.9 Å². The fourth-order valence-corrected chi connectivity index (χ4v) is 3.73. The van der Waals surface area contributed by atoms with Gasteiger partial charge in [-0.1, -0.05) is 6.07 Å². The second-order valence-electron chi connectivity index (χ2n) is 8.35. The van der Waals surface area contributed by atoms with Gasteiger partial charge in [-0.3, -0.25) is 4.98 Å². The van der Waals surface area contributed by atoms with E-state index in [0.717, 1.165) is 0 Å². The molecule has 0 amide bonds. The highest BCUT2D eigenvalue weighted by molar-refractivity contribution is 5.85. The minimum absolute atomic E-state index is 0.00592. The third-order valence-electron chi connectivity index (χ3n) is 5.45. The number of ether oxygens (including phenoxy) is 1. The van der Waals surface area contributed by atoms with E-state index in [1.807, 2.05) is 0 Å². The zero-order chi connectivity index (χ0) is 27.2. The van der Waals surface area contributed by atoms with Crippen LogP contribution in [0, 0.1) is 12.7 Å². The molecule has 0 aliphatic carbocycles. The van der Waals surface area contributed by atoms with Crippen molar-refractivity contribution in [2.24, 2.45) is 0 Å². The topological polar surface area (TPSA) is 139 Å². The van der Waals surface area contributed by atoms with Crippen molar-refractivity contribution in [3.63, 3.8) is 0 Å². The van der Waals surface area contributed by atoms with E-state index >= 15 is 0 Å². The molecule has 9 nitrogen and oxygen atoms in total. The maximum absolute atomic E-state index is 13.6. The second-order valence-corrected chi connectivity index (χ2v) is 8.35. The van der Waals surface area contributed by atoms with Crippen LogP contribution in [0.3, 0.4) is 0 Å². The van der Waals surface area contributed by atoms with Gasteiger partial charge in [0.15, 0.2) is 0 Å². The molecule has 5 N–H and O–H groups in total. The monoisotopic (exact) mass is 526 g/mol. The third-order valence-corrected chi connectivity index (χ3v) is 5.45. The molecule has 0 radical (unpaired) electrons. The van der Waals surface area contributed by atoms with Crippen molar-refractivity contribution in [2.75, 3.05) is 24.3 Å². The quantitative estimate of drug-likeness (QED) is 0.242. The first-order valence-corrected chi connectivity index (χ1v) is 11.5. The Morgan fingerprint density at radius 2 is 1.68 bits per heavy atom. The highest BCUT2D eigenvalue weighted by Gasteiger charge is 2.22. The number of alkyl halides is 2. The minimum atomic E-state index is -2.82. The average molecular weight is 527 g/mol. The number of nitrogens with zero attached hydrogens (tertiary/aromatic N) is 4. The van der Waals surface area contributed by atoms with E-state index in [-0.39, 0.29) is 42.9 Å². The Bertz CT molecular complexity index is 1400. The highest BCUT2D eigenvalue weighted by atomic mass is 19.3. The summed E-state index contributed by atoms with van der Waals surface area (Å²) in [6, 6.07) is 12.7. The summed E-state index contributed by atoms with van der Waals surface area (Å²) in [5.74, 6) is -0.191. The summed E-state index contributed by atoms with van der Waals surface area (Å²) in [4.78, 5) is 16.8. The maximum atomic E-state index is 13.6. The lowest BCUT2D eigenvalue weighted by atomic mass is 9.99. The number of halogens is 3. The first-order chi connectivity index (χ1) is 18.3. The summed E-state index contributed by atoms with van der Waals surface area (Å²) in [7, 11) is 0. The van der Waals surface area contributed by atoms with Gasteiger partial charge in [0.05, 0.1) is 36.2 Å². The van der Waals surface area contributed by atoms with Crippen molar-refractivity contribution < 1.29 is 28.1 Å². The Labute approximate surface area is 216 Å². The van der Waals surface area contributed by atoms with Crippen LogP contribution in [0.1, 0.15) is 23.5 Å². The number of hydrogen-bond acceptors (Lipinski definition) is 9. The van der Waals surface area contributed by atoms with Gasteiger partial charge in [0.2, 0.25) is 11.8 Å². The molecule has 0 spiro atoms. The molecule has 4 rings (SSSR count). The number of nitrogens with two attached hydrogens (primary N) is 1. The van der Waals surface area contributed by atoms with Crippen molar-refractivity contribution in [1.82, 2.24) is 19.9 Å². The van der Waals surface area contributed by atoms with E-state index in [9.17, 15) is 23.4 Å². The van der Waals surface area contributed by atoms with Gasteiger partial charge in [0, 0.05) is 11.3 Å². The third kappa shape index (κ3) is 6.33. The van der Waals surface area contributed by atoms with Crippen molar-refractivity contribution in [3.8, 4) is 28.3 Å². The SMILES string of the molecule is Cc1cc(-c2c(OCc3cccc(NC(CO)CO)n3)nc(N)nc2-c2ccc(F)cc2)cc(C(F)F)n1. The van der Waals surface area contributed by atoms with Crippen molar-refractivity contribution in [1.29, 1.82) is 0 Å². The highest BCUT2D eigenvalue weighted by Crippen LogP contribution is 2.39. The van der Waals surface area contributed by atoms with Crippen LogP contribution in [0.25, 0.3) is 22.4 Å². The lowest BCUT2D eigenvalue weighted by molar-refractivity contribution is 0.146. The van der Waals surface area contributed by atoms with Gasteiger partial charge < -0.3 is 26.0 Å². The molecule has 0 saturated heterocycles. The Morgan fingerprint density at radius 3 is 2.37 bits per heavy atom. The van der Waals surface area contributed by atoms with Crippen molar-refractivity contribution in [3.05, 3.63) is 77.5 Å². The average Bonchev–Trinajstić information content (AvgIpc) is 2.90. The first kappa shape index (κ1) is 26.8. The molecule has 3 heterocycles. The van der Waals surface area contributed by atoms with Crippen LogP contribution in [0.2, 0.25) is 0 Å². The van der Waals surface area contributed by atoms with Crippen molar-refractivity contribution in [2.45, 2.75) is 26.0 Å². The zero-order valence-corrected chi connectivity index (χ0v) is 20.3. The van der Waals surface area contributed by atoms with E-state index in [4.69, 9.17) is 10.5 Å². The van der Waals surface area contributed by atoms with Gasteiger partial charge in [-0.2, -0.15) is 4.98 Å². The number of aryl methyl sites for hydroxylation is 1. The maximum Gasteiger partial charge on any atom is 0.280 e. The van der Waals surface area contributed by atoms with Gasteiger partial charge in [-0.15, -0.1) is 0 Å². The molecule has 0 fully saturated rings. The first-order valence-electron chi connectivity index (χ1n) is 11.5. The van der Waals surface area contributed by atoms with Crippen LogP contribution >= 0.6 is 0 Å². The predicted molar refractivity (Wildman–Crippen MR) is 135 cm³/mol. The van der Waals surface area contributed by atoms with Gasteiger partial charge in [0.25, 0.3) is 6.43 Å². The molecule has 0 atom stereocenters. The zero-order valence-electron chi connectivity index (χ0n) is 20.3. The summed E-state index contributed by atoms with van der Waals surface area (Å²) >= 11 is 0. The minimum Gasteiger partial charge on any atom is -0.471 e. The Kier molecular flexibility index (Phi) is 8.34. The normalized spacial score (nSPS) is 11.3. The number of aliphatic hydroxyl groups excluding tert-OH is 2. The molecule has 198 valence electrons. The molecular weight excluding hydrogens is 501 g/mol. The predicted octanol–water partition coefficient (Wildman–Crippen LogP) is 3.91. The van der Waals surface area contributed by atoms with Crippen LogP contribution in [0.5, 0.6) is 5.88 Å². The molecule has 4 aromatic rings. The number of nitrogens with one attached hydrogen (secondary N) is 1. The molecule has 0 bridgehead atoms. The number of pyridine rings is 2. The molecule has 0 saturated carbocycles. The summed E-state index contributed by atoms with van der Waals surface area (Å²) in [5, 5.41) is 21.5. The van der Waals surface area contributed by atoms with E-state index in [2.05, 4.69) is 25.3 Å². The molecule has 0 unspecified atom stereocenters. The molecule has 1 aromatic carbocycles. The van der Waals surface area contributed by atoms with E-state index in [1.165, 1.54) is 30.3 Å². The molecule has 12 heteroatoms. The van der Waals surface area contributed by atoms with Crippen LogP contribution < -0.4 is 15.8 Å². The Balaban J connectivity index is 1.78. The number of aromatic nitrogens is 4. The largest absolute Gasteiger partial charge is 0.471 e. The standard InChI is InChI=1S/C26H25F3N6O3/c1-14-9-16(10-20(31-14)24(28)29)22-23(15-5-7-17(27)8-6-15)34-26(30)35-25(22)38-13-18-3-2-4-21(32-18)33-19(11-36)12-37/h2-10,19,24,36-37H,11-13H2,1H3,(H,32,33)(H2,30,34,35). The Hall–Kier alpha value is -4.29. The lowest BCUT2D eigenvalue weighted by Gasteiger charge is -2.17. The van der Waals surface area contributed by atoms with E-state index in [1.54, 1.807) is 31.2 Å². The number of benzene rings is 1. The summed E-state index contributed by atoms with van der Waals surface area (Å²) < 4.78 is 46.8. The summed E-state index contributed by atoms with van der Waals surface area (Å²) in [6.45, 7) is 0.914. The molecular formula is C26H25F3N6O3. The fourth-order valence-electron chi connectivity index (χ4n) is 3.73. The Morgan fingerprint density at radius 1 is 0.947 bits per heavy atom. The molecule has 0 aliphatic rings. The van der Waals surface area contributed by atoms with E-state index < -0.39 is 24.0 Å². The van der Waals surface area contributed by atoms with Crippen LogP contribution in [-0.2, 0) is 6.61 Å².